The quantitative estimate of drug-likeness (QED) is 0.431. The van der Waals surface area contributed by atoms with Gasteiger partial charge in [-0.3, -0.25) is 4.79 Å². The van der Waals surface area contributed by atoms with Crippen molar-refractivity contribution in [2.75, 3.05) is 5.32 Å². The molecule has 0 spiro atoms. The Morgan fingerprint density at radius 1 is 1.03 bits per heavy atom. The van der Waals surface area contributed by atoms with Crippen molar-refractivity contribution >= 4 is 32.5 Å². The first-order valence-corrected chi connectivity index (χ1v) is 11.6. The molecule has 0 radical (unpaired) electrons. The van der Waals surface area contributed by atoms with Crippen LogP contribution in [0, 0.1) is 0 Å². The van der Waals surface area contributed by atoms with E-state index < -0.39 is 26.4 Å². The van der Waals surface area contributed by atoms with Crippen molar-refractivity contribution in [2.45, 2.75) is 30.5 Å². The van der Waals surface area contributed by atoms with Crippen LogP contribution in [-0.4, -0.2) is 34.8 Å². The number of carbonyl (C=O) groups is 1. The third-order valence-corrected chi connectivity index (χ3v) is 6.48. The monoisotopic (exact) mass is 470 g/mol. The molecule has 0 atom stereocenters. The lowest BCUT2D eigenvalue weighted by Crippen LogP contribution is -2.18. The summed E-state index contributed by atoms with van der Waals surface area (Å²) in [4.78, 5) is 17.3. The summed E-state index contributed by atoms with van der Waals surface area (Å²) in [6, 6.07) is 15.8. The molecular formula is C23H20F2N4O3S. The van der Waals surface area contributed by atoms with Gasteiger partial charge in [-0.15, -0.1) is 0 Å². The summed E-state index contributed by atoms with van der Waals surface area (Å²) in [5.41, 5.74) is 1.72. The van der Waals surface area contributed by atoms with E-state index in [2.05, 4.69) is 15.4 Å². The zero-order valence-electron chi connectivity index (χ0n) is 17.7. The number of rotatable bonds is 6. The van der Waals surface area contributed by atoms with Crippen molar-refractivity contribution in [2.24, 2.45) is 0 Å². The van der Waals surface area contributed by atoms with E-state index in [0.717, 1.165) is 11.6 Å². The minimum atomic E-state index is -4.91. The Morgan fingerprint density at radius 3 is 2.36 bits per heavy atom. The lowest BCUT2D eigenvalue weighted by atomic mass is 10.1. The van der Waals surface area contributed by atoms with Gasteiger partial charge in [0, 0.05) is 11.6 Å². The van der Waals surface area contributed by atoms with Crippen molar-refractivity contribution in [1.82, 2.24) is 14.8 Å². The van der Waals surface area contributed by atoms with Gasteiger partial charge in [-0.25, -0.2) is 18.1 Å². The molecule has 0 aliphatic carbocycles. The number of nitrogens with one attached hydrogen (secondary N) is 1. The van der Waals surface area contributed by atoms with Crippen LogP contribution in [0.4, 0.5) is 14.5 Å². The molecule has 0 aliphatic rings. The Hall–Kier alpha value is -3.66. The fraction of sp³-hybridized carbons (Fsp3) is 0.174. The molecule has 0 saturated carbocycles. The minimum Gasteiger partial charge on any atom is -0.321 e. The van der Waals surface area contributed by atoms with Gasteiger partial charge < -0.3 is 5.32 Å². The number of halogens is 2. The number of anilines is 1. The first-order chi connectivity index (χ1) is 15.7. The molecule has 0 unspecified atom stereocenters. The molecule has 2 aromatic carbocycles. The number of aromatic nitrogens is 3. The van der Waals surface area contributed by atoms with E-state index in [1.54, 1.807) is 10.7 Å². The number of para-hydroxylation sites is 1. The molecule has 0 saturated heterocycles. The van der Waals surface area contributed by atoms with Crippen LogP contribution in [0.5, 0.6) is 0 Å². The van der Waals surface area contributed by atoms with Crippen LogP contribution in [0.2, 0.25) is 0 Å². The number of fused-ring (bicyclic) bond motifs is 1. The van der Waals surface area contributed by atoms with Gasteiger partial charge in [0.1, 0.15) is 0 Å². The predicted octanol–water partition coefficient (Wildman–Crippen LogP) is 4.93. The van der Waals surface area contributed by atoms with Gasteiger partial charge >= 0.3 is 5.76 Å². The summed E-state index contributed by atoms with van der Waals surface area (Å²) >= 11 is 0. The van der Waals surface area contributed by atoms with Gasteiger partial charge in [0.2, 0.25) is 9.84 Å². The van der Waals surface area contributed by atoms with E-state index in [4.69, 9.17) is 0 Å². The van der Waals surface area contributed by atoms with Gasteiger partial charge in [0.05, 0.1) is 33.4 Å². The maximum atomic E-state index is 13.3. The Balaban J connectivity index is 1.85. The molecule has 1 N–H and O–H groups in total. The van der Waals surface area contributed by atoms with Gasteiger partial charge in [-0.05, 0) is 32.0 Å². The third-order valence-electron chi connectivity index (χ3n) is 5.05. The average Bonchev–Trinajstić information content (AvgIpc) is 3.23. The van der Waals surface area contributed by atoms with Crippen LogP contribution < -0.4 is 5.32 Å². The number of nitrogens with zero attached hydrogens (tertiary/aromatic N) is 3. The summed E-state index contributed by atoms with van der Waals surface area (Å²) < 4.78 is 52.1. The number of hydrogen-bond donors (Lipinski definition) is 1. The Bertz CT molecular complexity index is 1430. The Labute approximate surface area is 189 Å². The topological polar surface area (TPSA) is 94.0 Å². The standard InChI is InChI=1S/C23H20F2N4O3S/c1-14(2)29-21-17(13-26-29)16(12-19(27-21)15-8-4-3-5-9-15)22(30)28-18-10-6-7-11-20(18)33(31,32)23(24)25/h3-14,23H,1-2H3,(H,28,30). The molecule has 0 fully saturated rings. The number of amides is 1. The van der Waals surface area contributed by atoms with Crippen molar-refractivity contribution < 1.29 is 22.0 Å². The molecular weight excluding hydrogens is 450 g/mol. The summed E-state index contributed by atoms with van der Waals surface area (Å²) in [5, 5.41) is 7.27. The number of pyridine rings is 1. The molecule has 7 nitrogen and oxygen atoms in total. The van der Waals surface area contributed by atoms with Gasteiger partial charge in [-0.2, -0.15) is 13.9 Å². The highest BCUT2D eigenvalue weighted by Gasteiger charge is 2.30. The first-order valence-electron chi connectivity index (χ1n) is 10.1. The van der Waals surface area contributed by atoms with Gasteiger partial charge in [-0.1, -0.05) is 42.5 Å². The fourth-order valence-corrected chi connectivity index (χ4v) is 4.33. The predicted molar refractivity (Wildman–Crippen MR) is 121 cm³/mol. The summed E-state index contributed by atoms with van der Waals surface area (Å²) in [5.74, 6) is -4.28. The van der Waals surface area contributed by atoms with Crippen LogP contribution in [0.15, 0.2) is 71.8 Å². The number of benzene rings is 2. The number of sulfone groups is 1. The normalized spacial score (nSPS) is 11.9. The highest BCUT2D eigenvalue weighted by Crippen LogP contribution is 2.29. The highest BCUT2D eigenvalue weighted by atomic mass is 32.2. The molecule has 2 heterocycles. The second-order valence-corrected chi connectivity index (χ2v) is 9.48. The molecule has 33 heavy (non-hydrogen) atoms. The molecule has 170 valence electrons. The van der Waals surface area contributed by atoms with Gasteiger partial charge in [0.15, 0.2) is 5.65 Å². The zero-order chi connectivity index (χ0) is 23.8. The molecule has 0 aliphatic heterocycles. The number of alkyl halides is 2. The van der Waals surface area contributed by atoms with E-state index in [1.165, 1.54) is 24.4 Å². The molecule has 2 aromatic heterocycles. The largest absolute Gasteiger partial charge is 0.341 e. The van der Waals surface area contributed by atoms with Crippen LogP contribution in [-0.2, 0) is 9.84 Å². The fourth-order valence-electron chi connectivity index (χ4n) is 3.44. The van der Waals surface area contributed by atoms with Crippen molar-refractivity contribution in [3.05, 3.63) is 72.4 Å². The summed E-state index contributed by atoms with van der Waals surface area (Å²) in [6.45, 7) is 3.85. The first kappa shape index (κ1) is 22.5. The Morgan fingerprint density at radius 2 is 1.70 bits per heavy atom. The molecule has 1 amide bonds. The second kappa shape index (κ2) is 8.70. The maximum Gasteiger partial charge on any atom is 0.341 e. The third kappa shape index (κ3) is 4.21. The van der Waals surface area contributed by atoms with E-state index >= 15 is 0 Å². The summed E-state index contributed by atoms with van der Waals surface area (Å²) in [7, 11) is -4.91. The number of hydrogen-bond acceptors (Lipinski definition) is 5. The molecule has 4 aromatic rings. The molecule has 10 heteroatoms. The number of carbonyl (C=O) groups excluding carboxylic acids is 1. The summed E-state index contributed by atoms with van der Waals surface area (Å²) in [6.07, 6.45) is 1.51. The smallest absolute Gasteiger partial charge is 0.321 e. The minimum absolute atomic E-state index is 0.0335. The highest BCUT2D eigenvalue weighted by molar-refractivity contribution is 7.91. The van der Waals surface area contributed by atoms with E-state index in [0.29, 0.717) is 16.7 Å². The molecule has 0 bridgehead atoms. The maximum absolute atomic E-state index is 13.3. The second-order valence-electron chi connectivity index (χ2n) is 7.60. The van der Waals surface area contributed by atoms with Crippen molar-refractivity contribution in [3.8, 4) is 11.3 Å². The van der Waals surface area contributed by atoms with E-state index in [9.17, 15) is 22.0 Å². The van der Waals surface area contributed by atoms with Crippen molar-refractivity contribution in [3.63, 3.8) is 0 Å². The van der Waals surface area contributed by atoms with Crippen LogP contribution in [0.1, 0.15) is 30.2 Å². The SMILES string of the molecule is CC(C)n1ncc2c(C(=O)Nc3ccccc3S(=O)(=O)C(F)F)cc(-c3ccccc3)nc21. The van der Waals surface area contributed by atoms with Crippen LogP contribution >= 0.6 is 0 Å². The van der Waals surface area contributed by atoms with Gasteiger partial charge in [0.25, 0.3) is 5.91 Å². The van der Waals surface area contributed by atoms with Crippen LogP contribution in [0.25, 0.3) is 22.3 Å². The van der Waals surface area contributed by atoms with Crippen molar-refractivity contribution in [1.29, 1.82) is 0 Å². The van der Waals surface area contributed by atoms with Crippen LogP contribution in [0.3, 0.4) is 0 Å². The average molecular weight is 471 g/mol. The van der Waals surface area contributed by atoms with E-state index in [1.807, 2.05) is 44.2 Å². The Kier molecular flexibility index (Phi) is 5.94. The van der Waals surface area contributed by atoms with E-state index in [-0.39, 0.29) is 17.3 Å². The lowest BCUT2D eigenvalue weighted by molar-refractivity contribution is 0.102. The zero-order valence-corrected chi connectivity index (χ0v) is 18.6. The lowest BCUT2D eigenvalue weighted by Gasteiger charge is -2.13. The molecule has 4 rings (SSSR count).